The number of nitrogens with zero attached hydrogens (tertiary/aromatic N) is 3. The van der Waals surface area contributed by atoms with Gasteiger partial charge in [-0.2, -0.15) is 5.10 Å². The molecule has 0 spiro atoms. The molecule has 0 radical (unpaired) electrons. The molecule has 1 aliphatic carbocycles. The van der Waals surface area contributed by atoms with Gasteiger partial charge in [0.05, 0.1) is 5.69 Å². The highest BCUT2D eigenvalue weighted by Gasteiger charge is 2.36. The Labute approximate surface area is 108 Å². The van der Waals surface area contributed by atoms with Gasteiger partial charge in [0.25, 0.3) is 0 Å². The van der Waals surface area contributed by atoms with Crippen LogP contribution in [0.2, 0.25) is 0 Å². The topological polar surface area (TPSA) is 47.1 Å². The second-order valence-corrected chi connectivity index (χ2v) is 5.37. The van der Waals surface area contributed by atoms with Crippen LogP contribution in [-0.4, -0.2) is 26.8 Å². The molecule has 0 saturated carbocycles. The molecule has 96 valence electrons. The lowest BCUT2D eigenvalue weighted by molar-refractivity contribution is 0.209. The molecule has 1 aromatic rings. The van der Waals surface area contributed by atoms with E-state index in [1.807, 2.05) is 17.8 Å². The summed E-state index contributed by atoms with van der Waals surface area (Å²) in [6.45, 7) is 3.22. The molecular formula is C14H20N4. The van der Waals surface area contributed by atoms with Crippen LogP contribution in [0.15, 0.2) is 30.4 Å². The normalized spacial score (nSPS) is 30.9. The van der Waals surface area contributed by atoms with E-state index in [2.05, 4.69) is 41.2 Å². The van der Waals surface area contributed by atoms with Gasteiger partial charge in [-0.05, 0) is 19.3 Å². The number of rotatable bonds is 2. The average molecular weight is 244 g/mol. The van der Waals surface area contributed by atoms with Gasteiger partial charge in [0.1, 0.15) is 5.82 Å². The number of nitrogen functional groups attached to an aromatic ring is 1. The maximum Gasteiger partial charge on any atom is 0.145 e. The zero-order valence-electron chi connectivity index (χ0n) is 11.0. The molecule has 1 aromatic heterocycles. The van der Waals surface area contributed by atoms with E-state index >= 15 is 0 Å². The number of allylic oxidation sites excluding steroid dienone is 2. The van der Waals surface area contributed by atoms with Gasteiger partial charge in [0.15, 0.2) is 0 Å². The van der Waals surface area contributed by atoms with Crippen molar-refractivity contribution in [1.82, 2.24) is 14.7 Å². The van der Waals surface area contributed by atoms with Crippen molar-refractivity contribution in [3.05, 3.63) is 36.1 Å². The minimum Gasteiger partial charge on any atom is -0.382 e. The molecule has 3 atom stereocenters. The molecule has 2 aliphatic rings. The minimum absolute atomic E-state index is 0.529. The van der Waals surface area contributed by atoms with E-state index in [1.165, 1.54) is 12.1 Å². The molecule has 1 saturated heterocycles. The Bertz CT molecular complexity index is 500. The molecule has 0 amide bonds. The largest absolute Gasteiger partial charge is 0.382 e. The van der Waals surface area contributed by atoms with Crippen LogP contribution in [0, 0.1) is 5.92 Å². The third kappa shape index (κ3) is 1.86. The van der Waals surface area contributed by atoms with E-state index < -0.39 is 0 Å². The van der Waals surface area contributed by atoms with E-state index in [-0.39, 0.29) is 0 Å². The van der Waals surface area contributed by atoms with Crippen molar-refractivity contribution in [2.45, 2.75) is 32.0 Å². The fourth-order valence-corrected chi connectivity index (χ4v) is 3.17. The second-order valence-electron chi connectivity index (χ2n) is 5.37. The number of hydrogen-bond acceptors (Lipinski definition) is 3. The molecule has 18 heavy (non-hydrogen) atoms. The van der Waals surface area contributed by atoms with Crippen LogP contribution in [-0.2, 0) is 13.6 Å². The Morgan fingerprint density at radius 3 is 2.89 bits per heavy atom. The zero-order valence-corrected chi connectivity index (χ0v) is 11.0. The summed E-state index contributed by atoms with van der Waals surface area (Å²) >= 11 is 0. The number of hydrogen-bond donors (Lipinski definition) is 1. The molecule has 2 N–H and O–H groups in total. The van der Waals surface area contributed by atoms with Crippen LogP contribution in [0.25, 0.3) is 0 Å². The first-order valence-corrected chi connectivity index (χ1v) is 6.54. The maximum absolute atomic E-state index is 5.74. The van der Waals surface area contributed by atoms with Crippen molar-refractivity contribution in [1.29, 1.82) is 0 Å². The number of aromatic nitrogens is 2. The van der Waals surface area contributed by atoms with Crippen LogP contribution < -0.4 is 5.73 Å². The summed E-state index contributed by atoms with van der Waals surface area (Å²) in [6.07, 6.45) is 10.2. The maximum atomic E-state index is 5.74. The third-order valence-corrected chi connectivity index (χ3v) is 4.12. The number of likely N-dealkylation sites (tertiary alicyclic amines) is 1. The fourth-order valence-electron chi connectivity index (χ4n) is 3.17. The highest BCUT2D eigenvalue weighted by atomic mass is 15.3. The Hall–Kier alpha value is -1.55. The Kier molecular flexibility index (Phi) is 2.74. The second kappa shape index (κ2) is 4.28. The SMILES string of the molecule is C[C@@H]1C[C@H]2C=CC=C[C@@H]2N1Cc1cc(N)nn1C. The molecule has 0 bridgehead atoms. The molecular weight excluding hydrogens is 224 g/mol. The van der Waals surface area contributed by atoms with Gasteiger partial charge in [-0.3, -0.25) is 9.58 Å². The average Bonchev–Trinajstić information content (AvgIpc) is 2.81. The van der Waals surface area contributed by atoms with Crippen molar-refractivity contribution in [3.8, 4) is 0 Å². The third-order valence-electron chi connectivity index (χ3n) is 4.12. The Morgan fingerprint density at radius 1 is 1.39 bits per heavy atom. The monoisotopic (exact) mass is 244 g/mol. The van der Waals surface area contributed by atoms with Crippen molar-refractivity contribution >= 4 is 5.82 Å². The lowest BCUT2D eigenvalue weighted by atomic mass is 9.95. The van der Waals surface area contributed by atoms with Crippen LogP contribution in [0.4, 0.5) is 5.82 Å². The van der Waals surface area contributed by atoms with E-state index in [4.69, 9.17) is 5.73 Å². The first kappa shape index (κ1) is 11.5. The number of aryl methyl sites for hydroxylation is 1. The number of fused-ring (bicyclic) bond motifs is 1. The summed E-state index contributed by atoms with van der Waals surface area (Å²) in [6, 6.07) is 3.10. The summed E-state index contributed by atoms with van der Waals surface area (Å²) in [5.74, 6) is 1.27. The van der Waals surface area contributed by atoms with E-state index in [0.717, 1.165) is 6.54 Å². The van der Waals surface area contributed by atoms with E-state index in [1.54, 1.807) is 0 Å². The predicted octanol–water partition coefficient (Wildman–Crippen LogP) is 1.71. The van der Waals surface area contributed by atoms with E-state index in [0.29, 0.717) is 23.8 Å². The lowest BCUT2D eigenvalue weighted by Crippen LogP contribution is -2.35. The van der Waals surface area contributed by atoms with Crippen molar-refractivity contribution < 1.29 is 0 Å². The summed E-state index contributed by atoms with van der Waals surface area (Å²) in [7, 11) is 1.96. The van der Waals surface area contributed by atoms with Gasteiger partial charge < -0.3 is 5.73 Å². The van der Waals surface area contributed by atoms with Crippen molar-refractivity contribution in [3.63, 3.8) is 0 Å². The first-order chi connectivity index (χ1) is 8.65. The standard InChI is InChI=1S/C14H20N4/c1-10-7-11-5-3-4-6-13(11)18(10)9-12-8-14(15)16-17(12)2/h3-6,8,10-11,13H,7,9H2,1-2H3,(H2,15,16)/t10-,11-,13+/m1/s1. The summed E-state index contributed by atoms with van der Waals surface area (Å²) in [4.78, 5) is 2.54. The Balaban J connectivity index is 1.82. The molecule has 1 aliphatic heterocycles. The van der Waals surface area contributed by atoms with Crippen molar-refractivity contribution in [2.75, 3.05) is 5.73 Å². The van der Waals surface area contributed by atoms with E-state index in [9.17, 15) is 0 Å². The highest BCUT2D eigenvalue weighted by molar-refractivity contribution is 5.30. The zero-order chi connectivity index (χ0) is 12.7. The van der Waals surface area contributed by atoms with Gasteiger partial charge in [0, 0.05) is 31.7 Å². The molecule has 4 nitrogen and oxygen atoms in total. The van der Waals surface area contributed by atoms with Gasteiger partial charge in [-0.1, -0.05) is 24.3 Å². The smallest absolute Gasteiger partial charge is 0.145 e. The van der Waals surface area contributed by atoms with Crippen LogP contribution in [0.3, 0.4) is 0 Å². The summed E-state index contributed by atoms with van der Waals surface area (Å²) in [5.41, 5.74) is 6.93. The van der Waals surface area contributed by atoms with Gasteiger partial charge >= 0.3 is 0 Å². The van der Waals surface area contributed by atoms with Gasteiger partial charge in [0.2, 0.25) is 0 Å². The minimum atomic E-state index is 0.529. The van der Waals surface area contributed by atoms with Gasteiger partial charge in [-0.25, -0.2) is 0 Å². The fraction of sp³-hybridized carbons (Fsp3) is 0.500. The molecule has 4 heteroatoms. The molecule has 1 fully saturated rings. The number of anilines is 1. The molecule has 0 aromatic carbocycles. The van der Waals surface area contributed by atoms with Crippen LogP contribution >= 0.6 is 0 Å². The summed E-state index contributed by atoms with van der Waals surface area (Å²) in [5, 5.41) is 4.22. The summed E-state index contributed by atoms with van der Waals surface area (Å²) < 4.78 is 1.89. The van der Waals surface area contributed by atoms with Crippen molar-refractivity contribution in [2.24, 2.45) is 13.0 Å². The molecule has 2 heterocycles. The quantitative estimate of drug-likeness (QED) is 0.861. The number of nitrogens with two attached hydrogens (primary N) is 1. The first-order valence-electron chi connectivity index (χ1n) is 6.54. The predicted molar refractivity (Wildman–Crippen MR) is 72.8 cm³/mol. The Morgan fingerprint density at radius 2 is 2.17 bits per heavy atom. The molecule has 3 rings (SSSR count). The van der Waals surface area contributed by atoms with Crippen LogP contribution in [0.1, 0.15) is 19.0 Å². The highest BCUT2D eigenvalue weighted by Crippen LogP contribution is 2.34. The lowest BCUT2D eigenvalue weighted by Gasteiger charge is -2.28. The van der Waals surface area contributed by atoms with Crippen LogP contribution in [0.5, 0.6) is 0 Å². The molecule has 0 unspecified atom stereocenters. The van der Waals surface area contributed by atoms with Gasteiger partial charge in [-0.15, -0.1) is 0 Å².